The highest BCUT2D eigenvalue weighted by Gasteiger charge is 2.08. The van der Waals surface area contributed by atoms with E-state index in [-0.39, 0.29) is 18.4 Å². The predicted molar refractivity (Wildman–Crippen MR) is 92.5 cm³/mol. The van der Waals surface area contributed by atoms with Crippen LogP contribution in [0, 0.1) is 6.92 Å². The number of nitrogen functional groups attached to an aromatic ring is 1. The maximum absolute atomic E-state index is 11.5. The Bertz CT molecular complexity index is 771. The molecule has 3 N–H and O–H groups in total. The number of ether oxygens (including phenoxy) is 1. The highest BCUT2D eigenvalue weighted by atomic mass is 16.5. The Kier molecular flexibility index (Phi) is 6.01. The van der Waals surface area contributed by atoms with Gasteiger partial charge in [0.05, 0.1) is 0 Å². The van der Waals surface area contributed by atoms with Crippen molar-refractivity contribution in [2.45, 2.75) is 20.5 Å². The molecule has 0 saturated carbocycles. The quantitative estimate of drug-likeness (QED) is 0.478. The van der Waals surface area contributed by atoms with Gasteiger partial charge >= 0.3 is 5.97 Å². The first-order chi connectivity index (χ1) is 11.6. The van der Waals surface area contributed by atoms with Crippen molar-refractivity contribution in [3.8, 4) is 0 Å². The van der Waals surface area contributed by atoms with Crippen molar-refractivity contribution in [1.82, 2.24) is 15.0 Å². The highest BCUT2D eigenvalue weighted by molar-refractivity contribution is 5.82. The molecular weight excluding hydrogens is 306 g/mol. The molecule has 0 spiro atoms. The van der Waals surface area contributed by atoms with E-state index < -0.39 is 5.97 Å². The number of para-hydroxylation sites is 1. The number of allylic oxidation sites excluding steroid dienone is 3. The van der Waals surface area contributed by atoms with Crippen LogP contribution in [0.3, 0.4) is 0 Å². The number of aromatic nitrogens is 3. The van der Waals surface area contributed by atoms with E-state index in [0.29, 0.717) is 5.95 Å². The maximum atomic E-state index is 11.5. The molecule has 0 radical (unpaired) electrons. The fraction of sp³-hybridized carbons (Fsp3) is 0.176. The van der Waals surface area contributed by atoms with Crippen molar-refractivity contribution in [2.75, 3.05) is 11.1 Å². The first-order valence-electron chi connectivity index (χ1n) is 7.37. The van der Waals surface area contributed by atoms with Crippen LogP contribution in [-0.2, 0) is 16.1 Å². The summed E-state index contributed by atoms with van der Waals surface area (Å²) in [4.78, 5) is 23.8. The molecule has 7 nitrogen and oxygen atoms in total. The van der Waals surface area contributed by atoms with Crippen LogP contribution in [0.4, 0.5) is 17.6 Å². The van der Waals surface area contributed by atoms with Crippen LogP contribution in [0.25, 0.3) is 0 Å². The second-order valence-corrected chi connectivity index (χ2v) is 4.87. The zero-order chi connectivity index (χ0) is 17.4. The Morgan fingerprint density at radius 1 is 1.25 bits per heavy atom. The van der Waals surface area contributed by atoms with Gasteiger partial charge in [0.2, 0.25) is 11.9 Å². The van der Waals surface area contributed by atoms with E-state index in [0.717, 1.165) is 11.3 Å². The number of nitrogens with two attached hydrogens (primary N) is 1. The summed E-state index contributed by atoms with van der Waals surface area (Å²) in [7, 11) is 0. The molecule has 0 unspecified atom stereocenters. The largest absolute Gasteiger partial charge is 0.454 e. The lowest BCUT2D eigenvalue weighted by Crippen LogP contribution is -2.10. The SMILES string of the molecule is C/C=C/C=C/C(=O)OCc1nc(N)nc(Nc2ccccc2C)n1. The van der Waals surface area contributed by atoms with Crippen LogP contribution in [0.15, 0.2) is 48.6 Å². The molecule has 24 heavy (non-hydrogen) atoms. The first-order valence-corrected chi connectivity index (χ1v) is 7.37. The molecule has 2 rings (SSSR count). The van der Waals surface area contributed by atoms with E-state index in [1.165, 1.54) is 6.08 Å². The van der Waals surface area contributed by atoms with Crippen LogP contribution in [0.2, 0.25) is 0 Å². The number of anilines is 3. The van der Waals surface area contributed by atoms with Gasteiger partial charge in [0.15, 0.2) is 12.4 Å². The topological polar surface area (TPSA) is 103 Å². The van der Waals surface area contributed by atoms with Crippen LogP contribution in [0.1, 0.15) is 18.3 Å². The van der Waals surface area contributed by atoms with Gasteiger partial charge in [0.25, 0.3) is 0 Å². The normalized spacial score (nSPS) is 11.1. The summed E-state index contributed by atoms with van der Waals surface area (Å²) in [6.45, 7) is 3.73. The summed E-state index contributed by atoms with van der Waals surface area (Å²) in [5.74, 6) is 0.135. The molecule has 0 aliphatic carbocycles. The van der Waals surface area contributed by atoms with Crippen molar-refractivity contribution in [3.05, 3.63) is 60.0 Å². The minimum absolute atomic E-state index is 0.0524. The zero-order valence-electron chi connectivity index (χ0n) is 13.6. The van der Waals surface area contributed by atoms with Gasteiger partial charge in [-0.15, -0.1) is 0 Å². The zero-order valence-corrected chi connectivity index (χ0v) is 13.6. The van der Waals surface area contributed by atoms with Gasteiger partial charge in [0.1, 0.15) is 0 Å². The van der Waals surface area contributed by atoms with E-state index in [2.05, 4.69) is 20.3 Å². The Labute approximate surface area is 140 Å². The molecule has 0 atom stereocenters. The molecule has 1 heterocycles. The standard InChI is InChI=1S/C17H19N5O2/c1-3-4-5-10-15(23)24-11-14-20-16(18)22-17(21-14)19-13-9-7-6-8-12(13)2/h3-10H,11H2,1-2H3,(H3,18,19,20,21,22)/b4-3+,10-5+. The lowest BCUT2D eigenvalue weighted by Gasteiger charge is -2.09. The van der Waals surface area contributed by atoms with Gasteiger partial charge in [-0.3, -0.25) is 0 Å². The van der Waals surface area contributed by atoms with Crippen LogP contribution >= 0.6 is 0 Å². The van der Waals surface area contributed by atoms with E-state index in [1.807, 2.05) is 38.1 Å². The molecule has 0 amide bonds. The molecule has 0 aliphatic rings. The third-order valence-corrected chi connectivity index (χ3v) is 2.97. The number of benzene rings is 1. The number of carbonyl (C=O) groups is 1. The van der Waals surface area contributed by atoms with Gasteiger partial charge < -0.3 is 15.8 Å². The third-order valence-electron chi connectivity index (χ3n) is 2.97. The Hall–Kier alpha value is -3.22. The van der Waals surface area contributed by atoms with Crippen molar-refractivity contribution in [2.24, 2.45) is 0 Å². The summed E-state index contributed by atoms with van der Waals surface area (Å²) in [5.41, 5.74) is 7.59. The van der Waals surface area contributed by atoms with Gasteiger partial charge in [-0.2, -0.15) is 15.0 Å². The lowest BCUT2D eigenvalue weighted by molar-refractivity contribution is -0.139. The van der Waals surface area contributed by atoms with E-state index in [9.17, 15) is 4.79 Å². The molecule has 0 bridgehead atoms. The fourth-order valence-corrected chi connectivity index (χ4v) is 1.82. The molecule has 2 aromatic rings. The number of aryl methyl sites for hydroxylation is 1. The average Bonchev–Trinajstić information content (AvgIpc) is 2.55. The number of nitrogens with zero attached hydrogens (tertiary/aromatic N) is 3. The van der Waals surface area contributed by atoms with Crippen LogP contribution in [0.5, 0.6) is 0 Å². The Morgan fingerprint density at radius 3 is 2.79 bits per heavy atom. The third kappa shape index (κ3) is 5.20. The van der Waals surface area contributed by atoms with Crippen LogP contribution in [-0.4, -0.2) is 20.9 Å². The Morgan fingerprint density at radius 2 is 2.04 bits per heavy atom. The predicted octanol–water partition coefficient (Wildman–Crippen LogP) is 2.68. The summed E-state index contributed by atoms with van der Waals surface area (Å²) in [6.07, 6.45) is 6.44. The smallest absolute Gasteiger partial charge is 0.331 e. The maximum Gasteiger partial charge on any atom is 0.331 e. The Balaban J connectivity index is 2.06. The molecule has 7 heteroatoms. The van der Waals surface area contributed by atoms with Crippen molar-refractivity contribution in [1.29, 1.82) is 0 Å². The van der Waals surface area contributed by atoms with Crippen molar-refractivity contribution >= 4 is 23.6 Å². The minimum atomic E-state index is -0.486. The number of rotatable bonds is 6. The molecular formula is C17H19N5O2. The first kappa shape index (κ1) is 17.1. The molecule has 1 aromatic heterocycles. The number of carbonyl (C=O) groups excluding carboxylic acids is 1. The van der Waals surface area contributed by atoms with Gasteiger partial charge in [-0.25, -0.2) is 4.79 Å². The second-order valence-electron chi connectivity index (χ2n) is 4.87. The monoisotopic (exact) mass is 325 g/mol. The fourth-order valence-electron chi connectivity index (χ4n) is 1.82. The molecule has 0 fully saturated rings. The van der Waals surface area contributed by atoms with Crippen molar-refractivity contribution < 1.29 is 9.53 Å². The summed E-state index contributed by atoms with van der Waals surface area (Å²) in [6, 6.07) is 7.71. The lowest BCUT2D eigenvalue weighted by atomic mass is 10.2. The second kappa shape index (κ2) is 8.42. The summed E-state index contributed by atoms with van der Waals surface area (Å²) in [5, 5.41) is 3.08. The molecule has 1 aromatic carbocycles. The molecule has 124 valence electrons. The van der Waals surface area contributed by atoms with Gasteiger partial charge in [-0.1, -0.05) is 36.4 Å². The van der Waals surface area contributed by atoms with E-state index in [1.54, 1.807) is 18.2 Å². The number of nitrogens with one attached hydrogen (secondary N) is 1. The summed E-state index contributed by atoms with van der Waals surface area (Å²) >= 11 is 0. The van der Waals surface area contributed by atoms with E-state index in [4.69, 9.17) is 10.5 Å². The highest BCUT2D eigenvalue weighted by Crippen LogP contribution is 2.17. The van der Waals surface area contributed by atoms with Crippen molar-refractivity contribution in [3.63, 3.8) is 0 Å². The molecule has 0 aliphatic heterocycles. The van der Waals surface area contributed by atoms with Gasteiger partial charge in [-0.05, 0) is 25.5 Å². The van der Waals surface area contributed by atoms with E-state index >= 15 is 0 Å². The number of hydrogen-bond donors (Lipinski definition) is 2. The van der Waals surface area contributed by atoms with Gasteiger partial charge in [0, 0.05) is 11.8 Å². The number of hydrogen-bond acceptors (Lipinski definition) is 7. The number of esters is 1. The minimum Gasteiger partial charge on any atom is -0.454 e. The molecule has 0 saturated heterocycles. The average molecular weight is 325 g/mol. The summed E-state index contributed by atoms with van der Waals surface area (Å²) < 4.78 is 5.06. The van der Waals surface area contributed by atoms with Crippen LogP contribution < -0.4 is 11.1 Å².